The quantitative estimate of drug-likeness (QED) is 0.469. The van der Waals surface area contributed by atoms with Crippen molar-refractivity contribution in [1.29, 1.82) is 0 Å². The molecular formula is C7H15NO4. The summed E-state index contributed by atoms with van der Waals surface area (Å²) in [4.78, 5) is 0. The van der Waals surface area contributed by atoms with Crippen molar-refractivity contribution in [2.75, 3.05) is 20.8 Å². The Morgan fingerprint density at radius 2 is 2.17 bits per heavy atom. The Kier molecular flexibility index (Phi) is 3.42. The molecule has 5 nitrogen and oxygen atoms in total. The average Bonchev–Trinajstić information content (AvgIpc) is 2.06. The number of rotatable bonds is 2. The maximum atomic E-state index is 9.53. The van der Waals surface area contributed by atoms with Gasteiger partial charge < -0.3 is 25.0 Å². The summed E-state index contributed by atoms with van der Waals surface area (Å²) in [6.45, 7) is 0.182. The van der Waals surface area contributed by atoms with Crippen LogP contribution in [0.2, 0.25) is 0 Å². The molecular weight excluding hydrogens is 162 g/mol. The molecule has 0 aromatic rings. The lowest BCUT2D eigenvalue weighted by Gasteiger charge is -2.36. The fraction of sp³-hybridized carbons (Fsp3) is 1.00. The third kappa shape index (κ3) is 1.75. The third-order valence-electron chi connectivity index (χ3n) is 2.06. The van der Waals surface area contributed by atoms with Crippen LogP contribution in [0.15, 0.2) is 0 Å². The molecule has 1 aliphatic heterocycles. The summed E-state index contributed by atoms with van der Waals surface area (Å²) in [5.41, 5.74) is 0. The first-order valence-corrected chi connectivity index (χ1v) is 3.88. The minimum atomic E-state index is -0.830. The number of ether oxygens (including phenoxy) is 2. The van der Waals surface area contributed by atoms with Gasteiger partial charge in [0.15, 0.2) is 6.29 Å². The lowest BCUT2D eigenvalue weighted by atomic mass is 10.0. The molecule has 0 spiro atoms. The highest BCUT2D eigenvalue weighted by Crippen LogP contribution is 2.15. The van der Waals surface area contributed by atoms with E-state index in [1.165, 1.54) is 7.11 Å². The van der Waals surface area contributed by atoms with Crippen LogP contribution in [0.25, 0.3) is 0 Å². The number of aliphatic hydroxyl groups excluding tert-OH is 2. The second kappa shape index (κ2) is 4.15. The highest BCUT2D eigenvalue weighted by molar-refractivity contribution is 4.87. The van der Waals surface area contributed by atoms with Crippen LogP contribution in [-0.4, -0.2) is 55.5 Å². The number of aliphatic hydroxyl groups is 2. The van der Waals surface area contributed by atoms with E-state index < -0.39 is 18.5 Å². The van der Waals surface area contributed by atoms with E-state index in [-0.39, 0.29) is 12.6 Å². The van der Waals surface area contributed by atoms with E-state index in [9.17, 15) is 10.2 Å². The number of hydrogen-bond acceptors (Lipinski definition) is 5. The normalized spacial score (nSPS) is 43.0. The number of likely N-dealkylation sites (N-methyl/N-ethyl adjacent to an activating group) is 1. The molecule has 1 fully saturated rings. The molecule has 12 heavy (non-hydrogen) atoms. The summed E-state index contributed by atoms with van der Waals surface area (Å²) in [5, 5.41) is 21.7. The van der Waals surface area contributed by atoms with Crippen molar-refractivity contribution in [3.63, 3.8) is 0 Å². The summed E-state index contributed by atoms with van der Waals surface area (Å²) in [5.74, 6) is 0. The van der Waals surface area contributed by atoms with Gasteiger partial charge in [-0.15, -0.1) is 0 Å². The maximum absolute atomic E-state index is 9.53. The van der Waals surface area contributed by atoms with E-state index in [1.807, 2.05) is 0 Å². The molecule has 1 saturated heterocycles. The number of hydrogen-bond donors (Lipinski definition) is 3. The molecule has 5 heteroatoms. The lowest BCUT2D eigenvalue weighted by Crippen LogP contribution is -2.58. The first-order valence-electron chi connectivity index (χ1n) is 3.88. The van der Waals surface area contributed by atoms with Gasteiger partial charge in [0.25, 0.3) is 0 Å². The van der Waals surface area contributed by atoms with Gasteiger partial charge in [0.2, 0.25) is 0 Å². The predicted octanol–water partition coefficient (Wildman–Crippen LogP) is -1.70. The zero-order valence-corrected chi connectivity index (χ0v) is 7.23. The van der Waals surface area contributed by atoms with Gasteiger partial charge in [-0.1, -0.05) is 0 Å². The molecule has 0 unspecified atom stereocenters. The SMILES string of the molecule is CN[C@H]1[C@H](O)[C@@H](OC)OC[C@@H]1O. The summed E-state index contributed by atoms with van der Waals surface area (Å²) in [6.07, 6.45) is -2.16. The second-order valence-corrected chi connectivity index (χ2v) is 2.81. The Morgan fingerprint density at radius 3 is 2.67 bits per heavy atom. The third-order valence-corrected chi connectivity index (χ3v) is 2.06. The standard InChI is InChI=1S/C7H15NO4/c1-8-5-4(9)3-12-7(11-2)6(5)10/h4-10H,3H2,1-2H3/t4-,5+,6-,7-/m0/s1. The monoisotopic (exact) mass is 177 g/mol. The van der Waals surface area contributed by atoms with Gasteiger partial charge in [-0.25, -0.2) is 0 Å². The van der Waals surface area contributed by atoms with E-state index >= 15 is 0 Å². The van der Waals surface area contributed by atoms with Crippen molar-refractivity contribution in [3.05, 3.63) is 0 Å². The fourth-order valence-electron chi connectivity index (χ4n) is 1.36. The van der Waals surface area contributed by atoms with E-state index in [0.29, 0.717) is 0 Å². The predicted molar refractivity (Wildman–Crippen MR) is 41.6 cm³/mol. The van der Waals surface area contributed by atoms with Crippen molar-refractivity contribution in [2.45, 2.75) is 24.5 Å². The van der Waals surface area contributed by atoms with E-state index in [1.54, 1.807) is 7.05 Å². The second-order valence-electron chi connectivity index (χ2n) is 2.81. The zero-order chi connectivity index (χ0) is 9.14. The molecule has 0 bridgehead atoms. The highest BCUT2D eigenvalue weighted by Gasteiger charge is 2.37. The van der Waals surface area contributed by atoms with Crippen molar-refractivity contribution in [3.8, 4) is 0 Å². The average molecular weight is 177 g/mol. The Hall–Kier alpha value is -0.200. The zero-order valence-electron chi connectivity index (χ0n) is 7.23. The molecule has 4 atom stereocenters. The molecule has 0 saturated carbocycles. The molecule has 0 aliphatic carbocycles. The Morgan fingerprint density at radius 1 is 1.50 bits per heavy atom. The highest BCUT2D eigenvalue weighted by atomic mass is 16.7. The molecule has 72 valence electrons. The molecule has 0 aromatic carbocycles. The molecule has 0 aromatic heterocycles. The summed E-state index contributed by atoms with van der Waals surface area (Å²) in [7, 11) is 3.13. The molecule has 1 heterocycles. The van der Waals surface area contributed by atoms with Gasteiger partial charge in [-0.2, -0.15) is 0 Å². The summed E-state index contributed by atoms with van der Waals surface area (Å²) >= 11 is 0. The maximum Gasteiger partial charge on any atom is 0.184 e. The molecule has 0 amide bonds. The number of methoxy groups -OCH3 is 1. The van der Waals surface area contributed by atoms with Crippen molar-refractivity contribution < 1.29 is 19.7 Å². The fourth-order valence-corrected chi connectivity index (χ4v) is 1.36. The van der Waals surface area contributed by atoms with E-state index in [0.717, 1.165) is 0 Å². The van der Waals surface area contributed by atoms with Gasteiger partial charge in [0, 0.05) is 7.11 Å². The van der Waals surface area contributed by atoms with Crippen LogP contribution in [0.5, 0.6) is 0 Å². The van der Waals surface area contributed by atoms with Gasteiger partial charge in [0.1, 0.15) is 6.10 Å². The minimum Gasteiger partial charge on any atom is -0.389 e. The Labute approximate surface area is 71.3 Å². The van der Waals surface area contributed by atoms with E-state index in [4.69, 9.17) is 9.47 Å². The minimum absolute atomic E-state index is 0.182. The van der Waals surface area contributed by atoms with Gasteiger partial charge >= 0.3 is 0 Å². The van der Waals surface area contributed by atoms with Crippen LogP contribution in [0.3, 0.4) is 0 Å². The van der Waals surface area contributed by atoms with Crippen LogP contribution in [0.1, 0.15) is 0 Å². The van der Waals surface area contributed by atoms with Gasteiger partial charge in [-0.05, 0) is 7.05 Å². The largest absolute Gasteiger partial charge is 0.389 e. The topological polar surface area (TPSA) is 71.0 Å². The molecule has 0 radical (unpaired) electrons. The van der Waals surface area contributed by atoms with Crippen molar-refractivity contribution in [1.82, 2.24) is 5.32 Å². The van der Waals surface area contributed by atoms with E-state index in [2.05, 4.69) is 5.32 Å². The molecule has 3 N–H and O–H groups in total. The van der Waals surface area contributed by atoms with Gasteiger partial charge in [-0.3, -0.25) is 0 Å². The van der Waals surface area contributed by atoms with Crippen LogP contribution in [0.4, 0.5) is 0 Å². The van der Waals surface area contributed by atoms with Crippen molar-refractivity contribution in [2.24, 2.45) is 0 Å². The van der Waals surface area contributed by atoms with Crippen molar-refractivity contribution >= 4 is 0 Å². The van der Waals surface area contributed by atoms with Crippen LogP contribution in [0, 0.1) is 0 Å². The molecule has 1 aliphatic rings. The Bertz CT molecular complexity index is 143. The first-order chi connectivity index (χ1) is 5.70. The van der Waals surface area contributed by atoms with Crippen LogP contribution in [-0.2, 0) is 9.47 Å². The lowest BCUT2D eigenvalue weighted by molar-refractivity contribution is -0.235. The smallest absolute Gasteiger partial charge is 0.184 e. The molecule has 1 rings (SSSR count). The number of nitrogens with one attached hydrogen (secondary N) is 1. The Balaban J connectivity index is 2.56. The van der Waals surface area contributed by atoms with Crippen LogP contribution >= 0.6 is 0 Å². The van der Waals surface area contributed by atoms with Crippen LogP contribution < -0.4 is 5.32 Å². The summed E-state index contributed by atoms with van der Waals surface area (Å²) in [6, 6.07) is -0.385. The van der Waals surface area contributed by atoms with Gasteiger partial charge in [0.05, 0.1) is 18.8 Å². The summed E-state index contributed by atoms with van der Waals surface area (Å²) < 4.78 is 9.88. The first kappa shape index (κ1) is 9.88.